The maximum Gasteiger partial charge on any atom is 0.306 e. The number of carbonyl (C=O) groups excluding carboxylic acids is 2. The number of aliphatic hydroxyl groups excluding tert-OH is 1. The van der Waals surface area contributed by atoms with E-state index >= 15 is 0 Å². The number of hydrogen-bond acceptors (Lipinski definition) is 8. The van der Waals surface area contributed by atoms with E-state index in [1.165, 1.54) is 17.6 Å². The molecular weight excluding hydrogens is 666 g/mol. The second kappa shape index (κ2) is 23.4. The normalized spacial score (nSPS) is 25.6. The predicted molar refractivity (Wildman–Crippen MR) is 214 cm³/mol. The van der Waals surface area contributed by atoms with Gasteiger partial charge in [0, 0.05) is 38.0 Å². The van der Waals surface area contributed by atoms with Crippen LogP contribution in [0.3, 0.4) is 0 Å². The average Bonchev–Trinajstić information content (AvgIpc) is 3.41. The van der Waals surface area contributed by atoms with Crippen LogP contribution in [0.2, 0.25) is 0 Å². The maximum absolute atomic E-state index is 12.6. The van der Waals surface area contributed by atoms with E-state index < -0.39 is 0 Å². The van der Waals surface area contributed by atoms with Crippen molar-refractivity contribution in [3.8, 4) is 0 Å². The number of nitrogens with zero attached hydrogens (tertiary/aromatic N) is 1. The van der Waals surface area contributed by atoms with Crippen molar-refractivity contribution < 1.29 is 33.6 Å². The topological polar surface area (TPSA) is 94.5 Å². The molecule has 3 aliphatic rings. The first-order chi connectivity index (χ1) is 25.3. The highest BCUT2D eigenvalue weighted by atomic mass is 16.7. The summed E-state index contributed by atoms with van der Waals surface area (Å²) >= 11 is 0. The lowest BCUT2D eigenvalue weighted by Gasteiger charge is -2.33. The Labute approximate surface area is 324 Å². The van der Waals surface area contributed by atoms with Crippen LogP contribution in [0.1, 0.15) is 158 Å². The quantitative estimate of drug-likeness (QED) is 0.0325. The van der Waals surface area contributed by atoms with Gasteiger partial charge in [0.1, 0.15) is 6.10 Å². The van der Waals surface area contributed by atoms with Crippen LogP contribution in [0, 0.1) is 34.5 Å². The smallest absolute Gasteiger partial charge is 0.306 e. The number of unbranched alkanes of at least 4 members (excludes halogenated alkanes) is 3. The van der Waals surface area contributed by atoms with Crippen molar-refractivity contribution >= 4 is 11.9 Å². The molecule has 0 amide bonds. The van der Waals surface area contributed by atoms with E-state index in [0.29, 0.717) is 62.9 Å². The van der Waals surface area contributed by atoms with Gasteiger partial charge in [-0.05, 0) is 141 Å². The van der Waals surface area contributed by atoms with Crippen molar-refractivity contribution in [1.29, 1.82) is 0 Å². The van der Waals surface area contributed by atoms with Crippen LogP contribution in [0.25, 0.3) is 0 Å². The first-order valence-electron chi connectivity index (χ1n) is 21.5. The van der Waals surface area contributed by atoms with Gasteiger partial charge in [0.15, 0.2) is 6.29 Å². The molecule has 306 valence electrons. The average molecular weight is 746 g/mol. The Kier molecular flexibility index (Phi) is 20.1. The third kappa shape index (κ3) is 14.7. The Bertz CT molecular complexity index is 1110. The summed E-state index contributed by atoms with van der Waals surface area (Å²) in [6.07, 6.45) is 19.0. The van der Waals surface area contributed by atoms with Crippen LogP contribution >= 0.6 is 0 Å². The minimum absolute atomic E-state index is 0.0624. The largest absolute Gasteiger partial charge is 0.466 e. The minimum atomic E-state index is -0.389. The van der Waals surface area contributed by atoms with Gasteiger partial charge in [-0.15, -0.1) is 0 Å². The first kappa shape index (κ1) is 45.6. The van der Waals surface area contributed by atoms with Crippen LogP contribution in [0.5, 0.6) is 0 Å². The molecule has 1 N–H and O–H groups in total. The van der Waals surface area contributed by atoms with Crippen LogP contribution < -0.4 is 0 Å². The highest BCUT2D eigenvalue weighted by molar-refractivity contribution is 5.70. The van der Waals surface area contributed by atoms with Gasteiger partial charge in [-0.1, -0.05) is 63.8 Å². The SMILES string of the molecule is CC(C)=CCCC(C)CCOC(CCC(=O)OCCCCCCN(CCO)CCCC(=O)O[C@@H]1CC2CC3C2(C)C31C)OCCC(C)CCC=C(C)C. The minimum Gasteiger partial charge on any atom is -0.466 e. The highest BCUT2D eigenvalue weighted by Crippen LogP contribution is 2.89. The summed E-state index contributed by atoms with van der Waals surface area (Å²) in [7, 11) is 0. The van der Waals surface area contributed by atoms with Gasteiger partial charge in [-0.2, -0.15) is 0 Å². The zero-order chi connectivity index (χ0) is 38.9. The number of hydrogen-bond donors (Lipinski definition) is 1. The zero-order valence-corrected chi connectivity index (χ0v) is 35.2. The molecule has 0 heterocycles. The molecule has 0 spiro atoms. The van der Waals surface area contributed by atoms with Crippen molar-refractivity contribution in [3.05, 3.63) is 23.3 Å². The third-order valence-electron chi connectivity index (χ3n) is 13.1. The molecule has 8 nitrogen and oxygen atoms in total. The standard InChI is InChI=1S/C45H79NO7/c1-34(2)16-13-18-36(5)23-30-51-43(52-31-24-37(6)19-14-17-35(3)4)22-21-41(48)50-29-12-10-9-11-25-46(27-28-47)26-15-20-42(49)53-40-33-38-32-39-44(38,7)45(39,40)8/h16-17,36-40,43,47H,9-15,18-33H2,1-8H3/t36?,37?,38?,39?,40-,43?,44?,45?/m1/s1. The lowest BCUT2D eigenvalue weighted by atomic mass is 9.73. The lowest BCUT2D eigenvalue weighted by Crippen LogP contribution is -2.32. The zero-order valence-electron chi connectivity index (χ0n) is 35.2. The van der Waals surface area contributed by atoms with E-state index in [9.17, 15) is 14.7 Å². The second-order valence-electron chi connectivity index (χ2n) is 17.8. The Morgan fingerprint density at radius 2 is 1.32 bits per heavy atom. The molecule has 0 aromatic rings. The van der Waals surface area contributed by atoms with Gasteiger partial charge in [0.25, 0.3) is 0 Å². The van der Waals surface area contributed by atoms with Crippen molar-refractivity contribution in [3.63, 3.8) is 0 Å². The van der Waals surface area contributed by atoms with E-state index in [1.54, 1.807) is 0 Å². The molecule has 0 bridgehead atoms. The summed E-state index contributed by atoms with van der Waals surface area (Å²) in [6.45, 7) is 21.9. The molecule has 0 aliphatic heterocycles. The van der Waals surface area contributed by atoms with Crippen LogP contribution in [-0.2, 0) is 28.5 Å². The summed E-state index contributed by atoms with van der Waals surface area (Å²) < 4.78 is 23.9. The van der Waals surface area contributed by atoms with E-state index in [2.05, 4.69) is 72.4 Å². The summed E-state index contributed by atoms with van der Waals surface area (Å²) in [5.41, 5.74) is 3.37. The van der Waals surface area contributed by atoms with Gasteiger partial charge < -0.3 is 29.0 Å². The molecule has 3 fully saturated rings. The number of carbonyl (C=O) groups is 2. The molecule has 0 saturated heterocycles. The van der Waals surface area contributed by atoms with E-state index in [1.807, 2.05) is 0 Å². The summed E-state index contributed by atoms with van der Waals surface area (Å²) in [5.74, 6) is 2.40. The van der Waals surface area contributed by atoms with Crippen molar-refractivity contribution in [2.45, 2.75) is 171 Å². The van der Waals surface area contributed by atoms with Crippen molar-refractivity contribution in [1.82, 2.24) is 4.90 Å². The fourth-order valence-corrected chi connectivity index (χ4v) is 9.18. The molecule has 3 aliphatic carbocycles. The molecule has 0 radical (unpaired) electrons. The molecule has 3 rings (SSSR count). The third-order valence-corrected chi connectivity index (χ3v) is 13.1. The fraction of sp³-hybridized carbons (Fsp3) is 0.867. The first-order valence-corrected chi connectivity index (χ1v) is 21.5. The Morgan fingerprint density at radius 1 is 0.717 bits per heavy atom. The number of ether oxygens (including phenoxy) is 4. The Balaban J connectivity index is 1.24. The monoisotopic (exact) mass is 746 g/mol. The number of fused-ring (bicyclic) bond motifs is 1. The number of aliphatic hydroxyl groups is 1. The molecule has 7 atom stereocenters. The summed E-state index contributed by atoms with van der Waals surface area (Å²) in [4.78, 5) is 27.5. The molecule has 6 unspecified atom stereocenters. The molecule has 3 saturated carbocycles. The second-order valence-corrected chi connectivity index (χ2v) is 17.8. The van der Waals surface area contributed by atoms with Crippen LogP contribution in [0.15, 0.2) is 23.3 Å². The number of allylic oxidation sites excluding steroid dienone is 4. The Morgan fingerprint density at radius 3 is 1.87 bits per heavy atom. The fourth-order valence-electron chi connectivity index (χ4n) is 9.18. The predicted octanol–water partition coefficient (Wildman–Crippen LogP) is 9.83. The van der Waals surface area contributed by atoms with E-state index in [-0.39, 0.29) is 36.4 Å². The molecule has 0 aromatic carbocycles. The summed E-state index contributed by atoms with van der Waals surface area (Å²) in [5, 5.41) is 9.57. The Hall–Kier alpha value is -1.74. The van der Waals surface area contributed by atoms with Crippen LogP contribution in [-0.4, -0.2) is 80.4 Å². The molecule has 53 heavy (non-hydrogen) atoms. The number of esters is 2. The van der Waals surface area contributed by atoms with Crippen LogP contribution in [0.4, 0.5) is 0 Å². The van der Waals surface area contributed by atoms with E-state index in [4.69, 9.17) is 18.9 Å². The van der Waals surface area contributed by atoms with Gasteiger partial charge >= 0.3 is 11.9 Å². The van der Waals surface area contributed by atoms with Gasteiger partial charge in [0.05, 0.1) is 19.6 Å². The van der Waals surface area contributed by atoms with Gasteiger partial charge in [-0.3, -0.25) is 9.59 Å². The summed E-state index contributed by atoms with van der Waals surface area (Å²) in [6, 6.07) is 0. The van der Waals surface area contributed by atoms with Gasteiger partial charge in [-0.25, -0.2) is 0 Å². The number of rotatable bonds is 31. The maximum atomic E-state index is 12.6. The van der Waals surface area contributed by atoms with E-state index in [0.717, 1.165) is 102 Å². The molecular formula is C45H79NO7. The molecule has 8 heteroatoms. The molecule has 0 aromatic heterocycles. The van der Waals surface area contributed by atoms with Gasteiger partial charge in [0.2, 0.25) is 0 Å². The van der Waals surface area contributed by atoms with Crippen molar-refractivity contribution in [2.75, 3.05) is 46.1 Å². The lowest BCUT2D eigenvalue weighted by molar-refractivity contribution is -0.161. The van der Waals surface area contributed by atoms with Crippen molar-refractivity contribution in [2.24, 2.45) is 34.5 Å². The highest BCUT2D eigenvalue weighted by Gasteiger charge is 2.87.